The topological polar surface area (TPSA) is 61.9 Å². The van der Waals surface area contributed by atoms with Gasteiger partial charge in [-0.25, -0.2) is 4.79 Å². The maximum atomic E-state index is 12.0. The van der Waals surface area contributed by atoms with Gasteiger partial charge in [-0.1, -0.05) is 0 Å². The third-order valence-electron chi connectivity index (χ3n) is 2.98. The highest BCUT2D eigenvalue weighted by Crippen LogP contribution is 2.31. The average molecular weight is 216 g/mol. The van der Waals surface area contributed by atoms with Crippen molar-refractivity contribution in [2.24, 2.45) is 4.99 Å². The second-order valence-electron chi connectivity index (χ2n) is 3.98. The monoisotopic (exact) mass is 216 g/mol. The molecule has 0 radical (unpaired) electrons. The number of nitrogens with zero attached hydrogens (tertiary/aromatic N) is 3. The lowest BCUT2D eigenvalue weighted by atomic mass is 10.1. The highest BCUT2D eigenvalue weighted by molar-refractivity contribution is 6.19. The van der Waals surface area contributed by atoms with Crippen molar-refractivity contribution in [3.63, 3.8) is 0 Å². The van der Waals surface area contributed by atoms with Crippen molar-refractivity contribution < 1.29 is 4.79 Å². The van der Waals surface area contributed by atoms with Gasteiger partial charge in [0, 0.05) is 24.8 Å². The Balaban J connectivity index is 2.24. The lowest BCUT2D eigenvalue weighted by Gasteiger charge is -2.32. The summed E-state index contributed by atoms with van der Waals surface area (Å²) in [5, 5.41) is 0. The molecule has 0 aliphatic carbocycles. The minimum absolute atomic E-state index is 0.0199. The summed E-state index contributed by atoms with van der Waals surface area (Å²) in [5.74, 6) is 0.755. The largest absolute Gasteiger partial charge is 0.399 e. The van der Waals surface area contributed by atoms with E-state index in [0.29, 0.717) is 18.8 Å². The molecule has 0 aromatic heterocycles. The highest BCUT2D eigenvalue weighted by atomic mass is 16.2. The van der Waals surface area contributed by atoms with Gasteiger partial charge in [-0.2, -0.15) is 0 Å². The molecule has 0 spiro atoms. The number of amides is 2. The zero-order valence-corrected chi connectivity index (χ0v) is 8.97. The fourth-order valence-corrected chi connectivity index (χ4v) is 2.17. The second kappa shape index (κ2) is 2.98. The Bertz CT molecular complexity index is 509. The summed E-state index contributed by atoms with van der Waals surface area (Å²) >= 11 is 0. The molecule has 1 aromatic carbocycles. The number of anilines is 2. The quantitative estimate of drug-likeness (QED) is 0.655. The van der Waals surface area contributed by atoms with Gasteiger partial charge in [0.1, 0.15) is 5.84 Å². The average Bonchev–Trinajstić information content (AvgIpc) is 2.75. The van der Waals surface area contributed by atoms with Crippen LogP contribution >= 0.6 is 0 Å². The molecule has 82 valence electrons. The molecule has 3 rings (SSSR count). The number of fused-ring (bicyclic) bond motifs is 3. The van der Waals surface area contributed by atoms with Crippen LogP contribution in [0, 0.1) is 0 Å². The van der Waals surface area contributed by atoms with Gasteiger partial charge < -0.3 is 5.73 Å². The van der Waals surface area contributed by atoms with Crippen LogP contribution in [0.25, 0.3) is 0 Å². The van der Waals surface area contributed by atoms with E-state index in [4.69, 9.17) is 5.73 Å². The zero-order valence-electron chi connectivity index (χ0n) is 8.97. The number of carbonyl (C=O) groups is 1. The highest BCUT2D eigenvalue weighted by Gasteiger charge is 2.35. The smallest absolute Gasteiger partial charge is 0.329 e. The minimum Gasteiger partial charge on any atom is -0.399 e. The Morgan fingerprint density at radius 1 is 1.44 bits per heavy atom. The van der Waals surface area contributed by atoms with E-state index >= 15 is 0 Å². The Kier molecular flexibility index (Phi) is 1.71. The van der Waals surface area contributed by atoms with Crippen LogP contribution in [0.15, 0.2) is 23.2 Å². The molecule has 0 atom stereocenters. The molecule has 0 unspecified atom stereocenters. The van der Waals surface area contributed by atoms with Crippen LogP contribution in [0.1, 0.15) is 5.56 Å². The summed E-state index contributed by atoms with van der Waals surface area (Å²) in [7, 11) is 1.77. The van der Waals surface area contributed by atoms with Crippen LogP contribution in [0.2, 0.25) is 0 Å². The Labute approximate surface area is 93.2 Å². The Morgan fingerprint density at radius 2 is 2.25 bits per heavy atom. The van der Waals surface area contributed by atoms with Crippen molar-refractivity contribution in [3.8, 4) is 0 Å². The number of benzene rings is 1. The standard InChI is InChI=1S/C11H12N4O/c1-14-9-3-2-7(12)6-8(9)10-13-4-5-15(10)11(14)16/h2-3,6H,4-5,12H2,1H3. The number of urea groups is 1. The molecular formula is C11H12N4O. The number of aliphatic imine (C=N–C) groups is 1. The van der Waals surface area contributed by atoms with Gasteiger partial charge in [0.2, 0.25) is 0 Å². The predicted molar refractivity (Wildman–Crippen MR) is 62.8 cm³/mol. The molecule has 5 nitrogen and oxygen atoms in total. The van der Waals surface area contributed by atoms with E-state index in [-0.39, 0.29) is 6.03 Å². The van der Waals surface area contributed by atoms with Gasteiger partial charge in [0.15, 0.2) is 0 Å². The lowest BCUT2D eigenvalue weighted by Crippen LogP contribution is -2.48. The molecule has 1 aromatic rings. The molecule has 0 saturated carbocycles. The summed E-state index contributed by atoms with van der Waals surface area (Å²) in [4.78, 5) is 19.7. The number of nitrogens with two attached hydrogens (primary N) is 1. The summed E-state index contributed by atoms with van der Waals surface area (Å²) in [6.07, 6.45) is 0. The molecule has 2 aliphatic rings. The fourth-order valence-electron chi connectivity index (χ4n) is 2.17. The molecule has 0 fully saturated rings. The van der Waals surface area contributed by atoms with Gasteiger partial charge >= 0.3 is 6.03 Å². The van der Waals surface area contributed by atoms with Crippen LogP contribution in [0.5, 0.6) is 0 Å². The molecule has 16 heavy (non-hydrogen) atoms. The number of rotatable bonds is 0. The summed E-state index contributed by atoms with van der Waals surface area (Å²) in [6, 6.07) is 5.51. The van der Waals surface area contributed by atoms with Crippen LogP contribution in [-0.4, -0.2) is 36.9 Å². The molecule has 2 amide bonds. The van der Waals surface area contributed by atoms with Crippen molar-refractivity contribution in [1.29, 1.82) is 0 Å². The first-order valence-corrected chi connectivity index (χ1v) is 5.18. The van der Waals surface area contributed by atoms with Crippen LogP contribution in [-0.2, 0) is 0 Å². The van der Waals surface area contributed by atoms with E-state index in [1.807, 2.05) is 12.1 Å². The SMILES string of the molecule is CN1C(=O)N2CCN=C2c2cc(N)ccc21. The van der Waals surface area contributed by atoms with E-state index in [9.17, 15) is 4.79 Å². The van der Waals surface area contributed by atoms with Crippen molar-refractivity contribution in [1.82, 2.24) is 4.90 Å². The number of carbonyl (C=O) groups excluding carboxylic acids is 1. The molecule has 2 aliphatic heterocycles. The Hall–Kier alpha value is -2.04. The fraction of sp³-hybridized carbons (Fsp3) is 0.273. The summed E-state index contributed by atoms with van der Waals surface area (Å²) < 4.78 is 0. The molecule has 0 bridgehead atoms. The number of hydrogen-bond acceptors (Lipinski definition) is 3. The second-order valence-corrected chi connectivity index (χ2v) is 3.98. The number of amidine groups is 1. The summed E-state index contributed by atoms with van der Waals surface area (Å²) in [5.41, 5.74) is 8.27. The van der Waals surface area contributed by atoms with Gasteiger partial charge in [-0.3, -0.25) is 14.8 Å². The first-order chi connectivity index (χ1) is 7.68. The van der Waals surface area contributed by atoms with E-state index in [1.54, 1.807) is 22.9 Å². The zero-order chi connectivity index (χ0) is 11.3. The normalized spacial score (nSPS) is 18.3. The van der Waals surface area contributed by atoms with Gasteiger partial charge in [0.25, 0.3) is 0 Å². The van der Waals surface area contributed by atoms with Gasteiger partial charge in [0.05, 0.1) is 12.2 Å². The van der Waals surface area contributed by atoms with Crippen molar-refractivity contribution in [2.45, 2.75) is 0 Å². The third kappa shape index (κ3) is 1.05. The van der Waals surface area contributed by atoms with Crippen LogP contribution in [0.3, 0.4) is 0 Å². The van der Waals surface area contributed by atoms with Crippen molar-refractivity contribution >= 4 is 23.2 Å². The molecule has 2 N–H and O–H groups in total. The first kappa shape index (κ1) is 9.21. The molecule has 0 saturated heterocycles. The maximum Gasteiger partial charge on any atom is 0.329 e. The summed E-state index contributed by atoms with van der Waals surface area (Å²) in [6.45, 7) is 1.33. The first-order valence-electron chi connectivity index (χ1n) is 5.18. The van der Waals surface area contributed by atoms with Gasteiger partial charge in [-0.15, -0.1) is 0 Å². The lowest BCUT2D eigenvalue weighted by molar-refractivity contribution is 0.230. The van der Waals surface area contributed by atoms with E-state index in [1.165, 1.54) is 0 Å². The number of hydrogen-bond donors (Lipinski definition) is 1. The van der Waals surface area contributed by atoms with E-state index in [2.05, 4.69) is 4.99 Å². The van der Waals surface area contributed by atoms with Crippen molar-refractivity contribution in [3.05, 3.63) is 23.8 Å². The van der Waals surface area contributed by atoms with Crippen LogP contribution in [0.4, 0.5) is 16.2 Å². The Morgan fingerprint density at radius 3 is 3.06 bits per heavy atom. The molecular weight excluding hydrogens is 204 g/mol. The van der Waals surface area contributed by atoms with Gasteiger partial charge in [-0.05, 0) is 18.2 Å². The molecule has 5 heteroatoms. The number of nitrogen functional groups attached to an aromatic ring is 1. The minimum atomic E-state index is -0.0199. The predicted octanol–water partition coefficient (Wildman–Crippen LogP) is 0.901. The van der Waals surface area contributed by atoms with E-state index in [0.717, 1.165) is 17.1 Å². The third-order valence-corrected chi connectivity index (χ3v) is 2.98. The van der Waals surface area contributed by atoms with Crippen molar-refractivity contribution in [2.75, 3.05) is 30.8 Å². The maximum absolute atomic E-state index is 12.0. The van der Waals surface area contributed by atoms with Crippen LogP contribution < -0.4 is 10.6 Å². The molecule has 2 heterocycles. The van der Waals surface area contributed by atoms with E-state index < -0.39 is 0 Å².